The van der Waals surface area contributed by atoms with Crippen molar-refractivity contribution in [3.05, 3.63) is 29.3 Å². The minimum absolute atomic E-state index is 0.104. The van der Waals surface area contributed by atoms with Crippen LogP contribution in [-0.4, -0.2) is 36.1 Å². The third-order valence-corrected chi connectivity index (χ3v) is 2.71. The third kappa shape index (κ3) is 3.47. The van der Waals surface area contributed by atoms with Crippen LogP contribution in [0.1, 0.15) is 31.1 Å². The lowest BCUT2D eigenvalue weighted by atomic mass is 10.1. The Labute approximate surface area is 108 Å². The first kappa shape index (κ1) is 14.5. The lowest BCUT2D eigenvalue weighted by Crippen LogP contribution is -2.35. The first-order chi connectivity index (χ1) is 8.32. The molecule has 0 saturated carbocycles. The van der Waals surface area contributed by atoms with Crippen LogP contribution >= 0.6 is 0 Å². The van der Waals surface area contributed by atoms with Gasteiger partial charge in [-0.25, -0.2) is 0 Å². The van der Waals surface area contributed by atoms with Gasteiger partial charge >= 0.3 is 0 Å². The summed E-state index contributed by atoms with van der Waals surface area (Å²) in [7, 11) is 3.38. The smallest absolute Gasteiger partial charge is 0.262 e. The van der Waals surface area contributed by atoms with Crippen LogP contribution in [0.2, 0.25) is 0 Å². The van der Waals surface area contributed by atoms with Crippen LogP contribution in [0.4, 0.5) is 0 Å². The monoisotopic (exact) mass is 251 g/mol. The number of benzene rings is 1. The molecule has 1 amide bonds. The maximum absolute atomic E-state index is 11.8. The summed E-state index contributed by atoms with van der Waals surface area (Å²) < 4.78 is 5.66. The lowest BCUT2D eigenvalue weighted by Gasteiger charge is -2.21. The van der Waals surface area contributed by atoms with Crippen molar-refractivity contribution in [3.8, 4) is 5.75 Å². The first-order valence-electron chi connectivity index (χ1n) is 5.99. The van der Waals surface area contributed by atoms with Gasteiger partial charge in [-0.05, 0) is 32.4 Å². The summed E-state index contributed by atoms with van der Waals surface area (Å²) in [6, 6.07) is 5.57. The van der Waals surface area contributed by atoms with Gasteiger partial charge in [-0.2, -0.15) is 0 Å². The van der Waals surface area contributed by atoms with E-state index in [-0.39, 0.29) is 5.91 Å². The summed E-state index contributed by atoms with van der Waals surface area (Å²) in [5.74, 6) is 0.459. The highest BCUT2D eigenvalue weighted by molar-refractivity contribution is 5.80. The Morgan fingerprint density at radius 1 is 1.33 bits per heavy atom. The van der Waals surface area contributed by atoms with Crippen LogP contribution in [0, 0.1) is 6.92 Å². The van der Waals surface area contributed by atoms with Gasteiger partial charge in [0.25, 0.3) is 5.91 Å². The summed E-state index contributed by atoms with van der Waals surface area (Å²) in [6.07, 6.45) is -1.19. The Hall–Kier alpha value is -1.55. The molecule has 0 aromatic heterocycles. The zero-order valence-corrected chi connectivity index (χ0v) is 11.6. The standard InChI is InChI=1S/C14H21NO3/c1-9-6-7-12(10(2)16)13(8-9)18-11(3)14(17)15(4)5/h6-8,10-11,16H,1-5H3. The van der Waals surface area contributed by atoms with E-state index in [4.69, 9.17) is 4.74 Å². The fourth-order valence-electron chi connectivity index (χ4n) is 1.69. The van der Waals surface area contributed by atoms with Gasteiger partial charge in [0, 0.05) is 19.7 Å². The van der Waals surface area contributed by atoms with E-state index in [1.807, 2.05) is 25.1 Å². The van der Waals surface area contributed by atoms with E-state index in [0.717, 1.165) is 5.56 Å². The van der Waals surface area contributed by atoms with Crippen molar-refractivity contribution in [2.24, 2.45) is 0 Å². The molecule has 2 unspecified atom stereocenters. The number of aliphatic hydroxyl groups is 1. The van der Waals surface area contributed by atoms with Crippen LogP contribution in [0.15, 0.2) is 18.2 Å². The molecule has 0 bridgehead atoms. The Morgan fingerprint density at radius 3 is 2.44 bits per heavy atom. The van der Waals surface area contributed by atoms with Gasteiger partial charge in [-0.1, -0.05) is 12.1 Å². The molecule has 0 heterocycles. The summed E-state index contributed by atoms with van der Waals surface area (Å²) in [5.41, 5.74) is 1.72. The van der Waals surface area contributed by atoms with Gasteiger partial charge < -0.3 is 14.7 Å². The Morgan fingerprint density at radius 2 is 1.94 bits per heavy atom. The molecule has 1 aromatic carbocycles. The summed E-state index contributed by atoms with van der Waals surface area (Å²) in [4.78, 5) is 13.2. The molecule has 0 spiro atoms. The van der Waals surface area contributed by atoms with Crippen molar-refractivity contribution in [1.29, 1.82) is 0 Å². The summed E-state index contributed by atoms with van der Waals surface area (Å²) >= 11 is 0. The largest absolute Gasteiger partial charge is 0.480 e. The molecule has 0 saturated heterocycles. The molecular weight excluding hydrogens is 230 g/mol. The molecule has 4 nitrogen and oxygen atoms in total. The average molecular weight is 251 g/mol. The van der Waals surface area contributed by atoms with E-state index in [9.17, 15) is 9.90 Å². The van der Waals surface area contributed by atoms with Crippen molar-refractivity contribution < 1.29 is 14.6 Å². The number of ether oxygens (including phenoxy) is 1. The number of aliphatic hydroxyl groups excluding tert-OH is 1. The number of carbonyl (C=O) groups excluding carboxylic acids is 1. The number of amides is 1. The van der Waals surface area contributed by atoms with Gasteiger partial charge in [-0.3, -0.25) is 4.79 Å². The van der Waals surface area contributed by atoms with E-state index in [2.05, 4.69) is 0 Å². The Balaban J connectivity index is 2.96. The van der Waals surface area contributed by atoms with Crippen LogP contribution in [0.25, 0.3) is 0 Å². The molecule has 1 rings (SSSR count). The second-order valence-electron chi connectivity index (χ2n) is 4.71. The maximum Gasteiger partial charge on any atom is 0.262 e. The molecule has 0 radical (unpaired) electrons. The maximum atomic E-state index is 11.8. The normalized spacial score (nSPS) is 13.9. The number of carbonyl (C=O) groups is 1. The molecule has 2 atom stereocenters. The van der Waals surface area contributed by atoms with Gasteiger partial charge in [0.1, 0.15) is 5.75 Å². The highest BCUT2D eigenvalue weighted by Gasteiger charge is 2.19. The summed E-state index contributed by atoms with van der Waals surface area (Å²) in [6.45, 7) is 5.32. The van der Waals surface area contributed by atoms with Crippen molar-refractivity contribution >= 4 is 5.91 Å². The van der Waals surface area contributed by atoms with Crippen LogP contribution in [-0.2, 0) is 4.79 Å². The van der Waals surface area contributed by atoms with Gasteiger partial charge in [0.2, 0.25) is 0 Å². The Bertz CT molecular complexity index is 427. The minimum atomic E-state index is -0.623. The van der Waals surface area contributed by atoms with E-state index in [1.165, 1.54) is 4.90 Å². The minimum Gasteiger partial charge on any atom is -0.480 e. The highest BCUT2D eigenvalue weighted by atomic mass is 16.5. The SMILES string of the molecule is Cc1ccc(C(C)O)c(OC(C)C(=O)N(C)C)c1. The number of aryl methyl sites for hydroxylation is 1. The number of likely N-dealkylation sites (N-methyl/N-ethyl adjacent to an activating group) is 1. The molecule has 0 aliphatic rings. The van der Waals surface area contributed by atoms with Crippen LogP contribution in [0.5, 0.6) is 5.75 Å². The molecule has 0 fully saturated rings. The van der Waals surface area contributed by atoms with E-state index >= 15 is 0 Å². The van der Waals surface area contributed by atoms with Crippen molar-refractivity contribution in [1.82, 2.24) is 4.90 Å². The highest BCUT2D eigenvalue weighted by Crippen LogP contribution is 2.27. The fraction of sp³-hybridized carbons (Fsp3) is 0.500. The topological polar surface area (TPSA) is 49.8 Å². The van der Waals surface area contributed by atoms with Gasteiger partial charge in [0.05, 0.1) is 6.10 Å². The predicted molar refractivity (Wildman–Crippen MR) is 70.6 cm³/mol. The van der Waals surface area contributed by atoms with E-state index in [1.54, 1.807) is 27.9 Å². The second kappa shape index (κ2) is 5.87. The zero-order chi connectivity index (χ0) is 13.9. The second-order valence-corrected chi connectivity index (χ2v) is 4.71. The Kier molecular flexibility index (Phi) is 4.73. The van der Waals surface area contributed by atoms with Crippen LogP contribution in [0.3, 0.4) is 0 Å². The molecule has 100 valence electrons. The number of hydrogen-bond donors (Lipinski definition) is 1. The lowest BCUT2D eigenvalue weighted by molar-refractivity contribution is -0.135. The number of nitrogens with zero attached hydrogens (tertiary/aromatic N) is 1. The quantitative estimate of drug-likeness (QED) is 0.889. The van der Waals surface area contributed by atoms with Crippen LogP contribution < -0.4 is 4.74 Å². The van der Waals surface area contributed by atoms with E-state index in [0.29, 0.717) is 11.3 Å². The molecule has 0 aliphatic heterocycles. The molecule has 4 heteroatoms. The van der Waals surface area contributed by atoms with E-state index < -0.39 is 12.2 Å². The third-order valence-electron chi connectivity index (χ3n) is 2.71. The molecule has 1 N–H and O–H groups in total. The number of hydrogen-bond acceptors (Lipinski definition) is 3. The molecule has 18 heavy (non-hydrogen) atoms. The molecular formula is C14H21NO3. The van der Waals surface area contributed by atoms with Crippen molar-refractivity contribution in [2.45, 2.75) is 33.0 Å². The molecule has 1 aromatic rings. The predicted octanol–water partition coefficient (Wildman–Crippen LogP) is 1.90. The zero-order valence-electron chi connectivity index (χ0n) is 11.6. The first-order valence-corrected chi connectivity index (χ1v) is 5.99. The van der Waals surface area contributed by atoms with Crippen molar-refractivity contribution in [2.75, 3.05) is 14.1 Å². The molecule has 0 aliphatic carbocycles. The van der Waals surface area contributed by atoms with Crippen molar-refractivity contribution in [3.63, 3.8) is 0 Å². The van der Waals surface area contributed by atoms with Gasteiger partial charge in [-0.15, -0.1) is 0 Å². The summed E-state index contributed by atoms with van der Waals surface area (Å²) in [5, 5.41) is 9.68. The van der Waals surface area contributed by atoms with Gasteiger partial charge in [0.15, 0.2) is 6.10 Å². The average Bonchev–Trinajstić information content (AvgIpc) is 2.27. The number of rotatable bonds is 4. The fourth-order valence-corrected chi connectivity index (χ4v) is 1.69.